The van der Waals surface area contributed by atoms with Crippen molar-refractivity contribution in [3.05, 3.63) is 23.2 Å². The molecule has 0 saturated carbocycles. The molecular weight excluding hydrogens is 218 g/mol. The molecule has 0 aliphatic heterocycles. The Labute approximate surface area is 103 Å². The van der Waals surface area contributed by atoms with Crippen LogP contribution in [0, 0.1) is 6.92 Å². The summed E-state index contributed by atoms with van der Waals surface area (Å²) in [5.41, 5.74) is 6.49. The van der Waals surface area contributed by atoms with Crippen LogP contribution in [0.25, 0.3) is 0 Å². The van der Waals surface area contributed by atoms with Gasteiger partial charge in [-0.05, 0) is 33.8 Å². The van der Waals surface area contributed by atoms with Gasteiger partial charge in [0.05, 0.1) is 18.8 Å². The summed E-state index contributed by atoms with van der Waals surface area (Å²) in [6.07, 6.45) is 0. The van der Waals surface area contributed by atoms with Gasteiger partial charge >= 0.3 is 0 Å². The summed E-state index contributed by atoms with van der Waals surface area (Å²) in [5, 5.41) is 0. The molecule has 0 bridgehead atoms. The molecule has 0 atom stereocenters. The van der Waals surface area contributed by atoms with Crippen molar-refractivity contribution >= 4 is 0 Å². The molecule has 17 heavy (non-hydrogen) atoms. The molecule has 0 aliphatic carbocycles. The van der Waals surface area contributed by atoms with E-state index in [9.17, 15) is 0 Å². The van der Waals surface area contributed by atoms with E-state index in [0.717, 1.165) is 17.1 Å². The third-order valence-electron chi connectivity index (χ3n) is 2.30. The second-order valence-corrected chi connectivity index (χ2v) is 5.01. The van der Waals surface area contributed by atoms with Gasteiger partial charge in [-0.1, -0.05) is 0 Å². The van der Waals surface area contributed by atoms with Gasteiger partial charge in [0, 0.05) is 12.1 Å². The normalized spacial score (nSPS) is 12.1. The molecule has 4 heteroatoms. The predicted octanol–water partition coefficient (Wildman–Crippen LogP) is 2.38. The third kappa shape index (κ3) is 5.35. The topological polar surface area (TPSA) is 57.6 Å². The van der Waals surface area contributed by atoms with Crippen LogP contribution in [0.1, 0.15) is 37.9 Å². The first-order valence-corrected chi connectivity index (χ1v) is 5.92. The smallest absolute Gasteiger partial charge is 0.130 e. The second kappa shape index (κ2) is 6.19. The van der Waals surface area contributed by atoms with Gasteiger partial charge in [0.2, 0.25) is 0 Å². The van der Waals surface area contributed by atoms with Gasteiger partial charge in [0.1, 0.15) is 18.1 Å². The molecule has 0 unspecified atom stereocenters. The van der Waals surface area contributed by atoms with Crippen LogP contribution >= 0.6 is 0 Å². The van der Waals surface area contributed by atoms with E-state index in [-0.39, 0.29) is 5.60 Å². The van der Waals surface area contributed by atoms with Crippen molar-refractivity contribution in [1.82, 2.24) is 0 Å². The Morgan fingerprint density at radius 2 is 2.00 bits per heavy atom. The molecule has 2 N–H and O–H groups in total. The van der Waals surface area contributed by atoms with Crippen molar-refractivity contribution < 1.29 is 13.9 Å². The minimum absolute atomic E-state index is 0.114. The van der Waals surface area contributed by atoms with E-state index >= 15 is 0 Å². The van der Waals surface area contributed by atoms with Gasteiger partial charge in [-0.3, -0.25) is 0 Å². The Kier molecular flexibility index (Phi) is 5.18. The summed E-state index contributed by atoms with van der Waals surface area (Å²) in [7, 11) is 0. The molecule has 0 amide bonds. The highest BCUT2D eigenvalue weighted by atomic mass is 16.5. The van der Waals surface area contributed by atoms with Crippen LogP contribution in [-0.4, -0.2) is 18.8 Å². The van der Waals surface area contributed by atoms with Crippen LogP contribution < -0.4 is 5.73 Å². The molecule has 0 spiro atoms. The van der Waals surface area contributed by atoms with E-state index in [2.05, 4.69) is 0 Å². The van der Waals surface area contributed by atoms with Crippen LogP contribution in [0.5, 0.6) is 0 Å². The average molecular weight is 241 g/mol. The molecule has 98 valence electrons. The van der Waals surface area contributed by atoms with Crippen molar-refractivity contribution in [2.45, 2.75) is 46.4 Å². The largest absolute Gasteiger partial charge is 0.464 e. The minimum Gasteiger partial charge on any atom is -0.464 e. The lowest BCUT2D eigenvalue weighted by Crippen LogP contribution is -2.21. The first-order chi connectivity index (χ1) is 7.92. The molecule has 1 aromatic heterocycles. The number of hydrogen-bond donors (Lipinski definition) is 1. The second-order valence-electron chi connectivity index (χ2n) is 5.01. The van der Waals surface area contributed by atoms with E-state index in [1.807, 2.05) is 33.8 Å². The van der Waals surface area contributed by atoms with Crippen molar-refractivity contribution in [3.8, 4) is 0 Å². The Balaban J connectivity index is 2.22. The number of furan rings is 1. The Bertz CT molecular complexity index is 339. The lowest BCUT2D eigenvalue weighted by Gasteiger charge is -2.19. The van der Waals surface area contributed by atoms with Gasteiger partial charge in [0.15, 0.2) is 0 Å². The minimum atomic E-state index is -0.114. The standard InChI is InChI=1S/C13H23NO3/c1-10-11(8-14)7-12(17-10)9-15-5-6-16-13(2,3)4/h7H,5-6,8-9,14H2,1-4H3. The summed E-state index contributed by atoms with van der Waals surface area (Å²) in [4.78, 5) is 0. The molecule has 0 radical (unpaired) electrons. The van der Waals surface area contributed by atoms with Gasteiger partial charge < -0.3 is 19.6 Å². The highest BCUT2D eigenvalue weighted by Crippen LogP contribution is 2.14. The van der Waals surface area contributed by atoms with Crippen LogP contribution in [0.2, 0.25) is 0 Å². The monoisotopic (exact) mass is 241 g/mol. The van der Waals surface area contributed by atoms with Crippen LogP contribution in [0.15, 0.2) is 10.5 Å². The maximum Gasteiger partial charge on any atom is 0.130 e. The molecule has 1 heterocycles. The average Bonchev–Trinajstić information content (AvgIpc) is 2.57. The van der Waals surface area contributed by atoms with Gasteiger partial charge in [-0.15, -0.1) is 0 Å². The van der Waals surface area contributed by atoms with Crippen LogP contribution in [0.3, 0.4) is 0 Å². The lowest BCUT2D eigenvalue weighted by molar-refractivity contribution is -0.0395. The molecule has 1 rings (SSSR count). The highest BCUT2D eigenvalue weighted by molar-refractivity contribution is 5.19. The van der Waals surface area contributed by atoms with Gasteiger partial charge in [-0.2, -0.15) is 0 Å². The number of nitrogens with two attached hydrogens (primary N) is 1. The maximum atomic E-state index is 5.57. The first kappa shape index (κ1) is 14.2. The van der Waals surface area contributed by atoms with Crippen LogP contribution in [-0.2, 0) is 22.6 Å². The zero-order chi connectivity index (χ0) is 12.9. The molecule has 0 aromatic carbocycles. The molecule has 4 nitrogen and oxygen atoms in total. The van der Waals surface area contributed by atoms with Crippen LogP contribution in [0.4, 0.5) is 0 Å². The van der Waals surface area contributed by atoms with E-state index in [1.54, 1.807) is 0 Å². The van der Waals surface area contributed by atoms with Crippen molar-refractivity contribution in [3.63, 3.8) is 0 Å². The van der Waals surface area contributed by atoms with E-state index in [0.29, 0.717) is 26.4 Å². The summed E-state index contributed by atoms with van der Waals surface area (Å²) >= 11 is 0. The van der Waals surface area contributed by atoms with Gasteiger partial charge in [-0.25, -0.2) is 0 Å². The van der Waals surface area contributed by atoms with E-state index in [4.69, 9.17) is 19.6 Å². The first-order valence-electron chi connectivity index (χ1n) is 5.92. The number of ether oxygens (including phenoxy) is 2. The summed E-state index contributed by atoms with van der Waals surface area (Å²) < 4.78 is 16.5. The zero-order valence-corrected chi connectivity index (χ0v) is 11.2. The highest BCUT2D eigenvalue weighted by Gasteiger charge is 2.09. The van der Waals surface area contributed by atoms with E-state index < -0.39 is 0 Å². The molecule has 0 fully saturated rings. The summed E-state index contributed by atoms with van der Waals surface area (Å²) in [6, 6.07) is 1.94. The fraction of sp³-hybridized carbons (Fsp3) is 0.692. The number of hydrogen-bond acceptors (Lipinski definition) is 4. The molecule has 0 saturated heterocycles. The number of aryl methyl sites for hydroxylation is 1. The lowest BCUT2D eigenvalue weighted by atomic mass is 10.2. The van der Waals surface area contributed by atoms with Crippen molar-refractivity contribution in [2.75, 3.05) is 13.2 Å². The van der Waals surface area contributed by atoms with E-state index in [1.165, 1.54) is 0 Å². The van der Waals surface area contributed by atoms with Crippen molar-refractivity contribution in [1.29, 1.82) is 0 Å². The summed E-state index contributed by atoms with van der Waals surface area (Å²) in [5.74, 6) is 1.69. The predicted molar refractivity (Wildman–Crippen MR) is 66.7 cm³/mol. The SMILES string of the molecule is Cc1oc(COCCOC(C)(C)C)cc1CN. The Morgan fingerprint density at radius 1 is 1.29 bits per heavy atom. The summed E-state index contributed by atoms with van der Waals surface area (Å²) in [6.45, 7) is 10.1. The molecule has 1 aromatic rings. The van der Waals surface area contributed by atoms with Crippen molar-refractivity contribution in [2.24, 2.45) is 5.73 Å². The van der Waals surface area contributed by atoms with Gasteiger partial charge in [0.25, 0.3) is 0 Å². The molecular formula is C13H23NO3. The fourth-order valence-corrected chi connectivity index (χ4v) is 1.44. The fourth-order valence-electron chi connectivity index (χ4n) is 1.44. The third-order valence-corrected chi connectivity index (χ3v) is 2.30. The Morgan fingerprint density at radius 3 is 2.53 bits per heavy atom. The quantitative estimate of drug-likeness (QED) is 0.777. The Hall–Kier alpha value is -0.840. The molecule has 0 aliphatic rings. The number of rotatable bonds is 6. The zero-order valence-electron chi connectivity index (χ0n) is 11.2. The maximum absolute atomic E-state index is 5.57.